The van der Waals surface area contributed by atoms with Crippen molar-refractivity contribution in [1.82, 2.24) is 4.90 Å². The average molecular weight is 404 g/mol. The van der Waals surface area contributed by atoms with Crippen molar-refractivity contribution in [3.63, 3.8) is 0 Å². The van der Waals surface area contributed by atoms with Crippen LogP contribution >= 0.6 is 15.9 Å². The van der Waals surface area contributed by atoms with Gasteiger partial charge in [0.15, 0.2) is 5.78 Å². The van der Waals surface area contributed by atoms with E-state index in [4.69, 9.17) is 0 Å². The van der Waals surface area contributed by atoms with Gasteiger partial charge in [0.1, 0.15) is 5.54 Å². The van der Waals surface area contributed by atoms with Crippen molar-refractivity contribution in [2.75, 3.05) is 0 Å². The molecule has 5 rings (SSSR count). The third-order valence-electron chi connectivity index (χ3n) is 5.34. The molecule has 3 nitrogen and oxygen atoms in total. The van der Waals surface area contributed by atoms with E-state index in [-0.39, 0.29) is 11.7 Å². The summed E-state index contributed by atoms with van der Waals surface area (Å²) in [6.07, 6.45) is 5.13. The Morgan fingerprint density at radius 2 is 1.69 bits per heavy atom. The first-order valence-electron chi connectivity index (χ1n) is 8.44. The summed E-state index contributed by atoms with van der Waals surface area (Å²) in [5, 5.41) is 0. The van der Waals surface area contributed by atoms with Gasteiger partial charge in [-0.3, -0.25) is 9.59 Å². The van der Waals surface area contributed by atoms with Crippen molar-refractivity contribution >= 4 is 38.8 Å². The van der Waals surface area contributed by atoms with E-state index >= 15 is 0 Å². The molecule has 2 aromatic rings. The van der Waals surface area contributed by atoms with E-state index in [2.05, 4.69) is 15.9 Å². The molecule has 0 radical (unpaired) electrons. The van der Waals surface area contributed by atoms with E-state index in [1.54, 1.807) is 12.2 Å². The van der Waals surface area contributed by atoms with Gasteiger partial charge in [-0.1, -0.05) is 54.6 Å². The number of rotatable bonds is 1. The number of carbonyl (C=O) groups is 2. The molecule has 0 aromatic heterocycles. The fraction of sp³-hybridized carbons (Fsp3) is 0.0909. The summed E-state index contributed by atoms with van der Waals surface area (Å²) in [6.45, 7) is 0.510. The van der Waals surface area contributed by atoms with Crippen LogP contribution < -0.4 is 0 Å². The lowest BCUT2D eigenvalue weighted by Crippen LogP contribution is -2.50. The van der Waals surface area contributed by atoms with Crippen LogP contribution in [-0.4, -0.2) is 22.1 Å². The number of halogens is 1. The molecule has 0 saturated heterocycles. The zero-order chi connectivity index (χ0) is 17.9. The highest BCUT2D eigenvalue weighted by atomic mass is 79.9. The van der Waals surface area contributed by atoms with Crippen LogP contribution in [-0.2, 0) is 16.1 Å². The highest BCUT2D eigenvalue weighted by molar-refractivity contribution is 9.12. The summed E-state index contributed by atoms with van der Waals surface area (Å²) in [5.74, 6) is -0.103. The van der Waals surface area contributed by atoms with Crippen LogP contribution in [0, 0.1) is 0 Å². The molecule has 1 spiro atoms. The lowest BCUT2D eigenvalue weighted by Gasteiger charge is -2.46. The third kappa shape index (κ3) is 1.88. The highest BCUT2D eigenvalue weighted by Crippen LogP contribution is 2.56. The first kappa shape index (κ1) is 15.5. The number of benzene rings is 2. The minimum absolute atomic E-state index is 0.0508. The van der Waals surface area contributed by atoms with Gasteiger partial charge < -0.3 is 4.90 Å². The second-order valence-electron chi connectivity index (χ2n) is 6.66. The van der Waals surface area contributed by atoms with Crippen LogP contribution in [0.1, 0.15) is 16.7 Å². The highest BCUT2D eigenvalue weighted by Gasteiger charge is 2.55. The van der Waals surface area contributed by atoms with E-state index in [0.717, 1.165) is 27.8 Å². The quantitative estimate of drug-likeness (QED) is 0.718. The van der Waals surface area contributed by atoms with Crippen LogP contribution in [0.25, 0.3) is 11.1 Å². The van der Waals surface area contributed by atoms with Crippen LogP contribution in [0.3, 0.4) is 0 Å². The predicted molar refractivity (Wildman–Crippen MR) is 104 cm³/mol. The zero-order valence-electron chi connectivity index (χ0n) is 13.8. The molecule has 0 bridgehead atoms. The molecule has 1 aliphatic carbocycles. The number of hydrogen-bond acceptors (Lipinski definition) is 2. The van der Waals surface area contributed by atoms with E-state index in [1.807, 2.05) is 65.6 Å². The molecule has 0 saturated carbocycles. The van der Waals surface area contributed by atoms with Crippen LogP contribution in [0.15, 0.2) is 77.3 Å². The monoisotopic (exact) mass is 403 g/mol. The molecule has 126 valence electrons. The van der Waals surface area contributed by atoms with E-state index in [0.29, 0.717) is 11.0 Å². The Morgan fingerprint density at radius 3 is 2.50 bits per heavy atom. The fourth-order valence-electron chi connectivity index (χ4n) is 4.26. The van der Waals surface area contributed by atoms with Crippen molar-refractivity contribution in [2.45, 2.75) is 12.1 Å². The minimum atomic E-state index is -0.750. The molecule has 3 aliphatic rings. The number of fused-ring (bicyclic) bond motifs is 2. The van der Waals surface area contributed by atoms with E-state index in [1.165, 1.54) is 0 Å². The molecule has 1 amide bonds. The molecular formula is C22H14BrNO2. The summed E-state index contributed by atoms with van der Waals surface area (Å²) >= 11 is 3.56. The van der Waals surface area contributed by atoms with Crippen molar-refractivity contribution in [3.8, 4) is 0 Å². The molecule has 26 heavy (non-hydrogen) atoms. The molecule has 2 aromatic carbocycles. The van der Waals surface area contributed by atoms with Gasteiger partial charge in [0.2, 0.25) is 0 Å². The topological polar surface area (TPSA) is 37.4 Å². The molecule has 4 heteroatoms. The van der Waals surface area contributed by atoms with Crippen molar-refractivity contribution in [3.05, 3.63) is 94.0 Å². The standard InChI is InChI=1S/C22H14BrNO2/c23-20-19(14-6-2-1-3-7-14)22-11-10-16(25)12-18(22)17-9-5-4-8-15(17)13-24(22)21(20)26/h1-12H,13H2. The molecule has 1 unspecified atom stereocenters. The summed E-state index contributed by atoms with van der Waals surface area (Å²) in [6, 6.07) is 17.9. The summed E-state index contributed by atoms with van der Waals surface area (Å²) in [5.41, 5.74) is 4.07. The summed E-state index contributed by atoms with van der Waals surface area (Å²) in [7, 11) is 0. The number of allylic oxidation sites excluding steroid dienone is 2. The maximum Gasteiger partial charge on any atom is 0.262 e. The van der Waals surface area contributed by atoms with Crippen LogP contribution in [0.2, 0.25) is 0 Å². The van der Waals surface area contributed by atoms with Gasteiger partial charge in [-0.2, -0.15) is 0 Å². The van der Waals surface area contributed by atoms with E-state index < -0.39 is 5.54 Å². The Bertz CT molecular complexity index is 1060. The number of nitrogens with zero attached hydrogens (tertiary/aromatic N) is 1. The van der Waals surface area contributed by atoms with Crippen LogP contribution in [0.4, 0.5) is 0 Å². The molecule has 2 aliphatic heterocycles. The SMILES string of the molecule is O=C1C=CC23C(=C1)c1ccccc1CN2C(=O)C(Br)=C3c1ccccc1. The molecule has 1 atom stereocenters. The number of ketones is 1. The first-order valence-corrected chi connectivity index (χ1v) is 9.23. The van der Waals surface area contributed by atoms with Gasteiger partial charge in [0, 0.05) is 12.1 Å². The fourth-order valence-corrected chi connectivity index (χ4v) is 5.00. The van der Waals surface area contributed by atoms with Crippen molar-refractivity contribution < 1.29 is 9.59 Å². The number of carbonyl (C=O) groups excluding carboxylic acids is 2. The Labute approximate surface area is 159 Å². The Morgan fingerprint density at radius 1 is 0.962 bits per heavy atom. The molecular weight excluding hydrogens is 390 g/mol. The minimum Gasteiger partial charge on any atom is -0.316 e. The maximum atomic E-state index is 13.1. The molecule has 0 fully saturated rings. The van der Waals surface area contributed by atoms with Gasteiger partial charge in [0.05, 0.1) is 4.48 Å². The lowest BCUT2D eigenvalue weighted by molar-refractivity contribution is -0.127. The normalized spacial score (nSPS) is 23.6. The molecule has 2 heterocycles. The van der Waals surface area contributed by atoms with Crippen molar-refractivity contribution in [1.29, 1.82) is 0 Å². The Hall–Kier alpha value is -2.72. The Balaban J connectivity index is 1.85. The Kier molecular flexibility index (Phi) is 3.22. The van der Waals surface area contributed by atoms with Gasteiger partial charge in [-0.15, -0.1) is 0 Å². The molecule has 0 N–H and O–H groups in total. The smallest absolute Gasteiger partial charge is 0.262 e. The summed E-state index contributed by atoms with van der Waals surface area (Å²) < 4.78 is 0.557. The van der Waals surface area contributed by atoms with E-state index in [9.17, 15) is 9.59 Å². The van der Waals surface area contributed by atoms with Crippen LogP contribution in [0.5, 0.6) is 0 Å². The second-order valence-corrected chi connectivity index (χ2v) is 7.46. The predicted octanol–water partition coefficient (Wildman–Crippen LogP) is 4.11. The van der Waals surface area contributed by atoms with Gasteiger partial charge in [0.25, 0.3) is 5.91 Å². The average Bonchev–Trinajstić information content (AvgIpc) is 2.88. The maximum absolute atomic E-state index is 13.1. The van der Waals surface area contributed by atoms with Gasteiger partial charge >= 0.3 is 0 Å². The van der Waals surface area contributed by atoms with Crippen molar-refractivity contribution in [2.24, 2.45) is 0 Å². The van der Waals surface area contributed by atoms with Gasteiger partial charge in [-0.05, 0) is 56.4 Å². The second kappa shape index (κ2) is 5.39. The lowest BCUT2D eigenvalue weighted by atomic mass is 9.71. The zero-order valence-corrected chi connectivity index (χ0v) is 15.4. The van der Waals surface area contributed by atoms with Gasteiger partial charge in [-0.25, -0.2) is 0 Å². The summed E-state index contributed by atoms with van der Waals surface area (Å²) in [4.78, 5) is 27.2. The number of hydrogen-bond donors (Lipinski definition) is 0. The number of amides is 1. The first-order chi connectivity index (χ1) is 12.6. The third-order valence-corrected chi connectivity index (χ3v) is 6.08. The largest absolute Gasteiger partial charge is 0.316 e.